The topological polar surface area (TPSA) is 71.8 Å². The number of methoxy groups -OCH3 is 1. The van der Waals surface area contributed by atoms with Crippen LogP contribution in [0.5, 0.6) is 0 Å². The second kappa shape index (κ2) is 5.40. The predicted molar refractivity (Wildman–Crippen MR) is 60.0 cm³/mol. The Labute approximate surface area is 95.2 Å². The van der Waals surface area contributed by atoms with Crippen molar-refractivity contribution in [2.75, 3.05) is 13.9 Å². The molecule has 0 unspecified atom stereocenters. The SMILES string of the molecule is COCOC(C)(C)c1cccc(B(O)O)n1. The lowest BCUT2D eigenvalue weighted by Gasteiger charge is -2.24. The molecule has 0 aromatic carbocycles. The summed E-state index contributed by atoms with van der Waals surface area (Å²) < 4.78 is 10.3. The lowest BCUT2D eigenvalue weighted by atomic mass is 9.85. The van der Waals surface area contributed by atoms with Gasteiger partial charge in [0.1, 0.15) is 12.4 Å². The Morgan fingerprint density at radius 3 is 2.62 bits per heavy atom. The van der Waals surface area contributed by atoms with E-state index in [1.54, 1.807) is 18.2 Å². The molecule has 0 amide bonds. The van der Waals surface area contributed by atoms with E-state index in [1.165, 1.54) is 7.11 Å². The van der Waals surface area contributed by atoms with E-state index >= 15 is 0 Å². The average Bonchev–Trinajstić information content (AvgIpc) is 2.26. The van der Waals surface area contributed by atoms with Crippen molar-refractivity contribution < 1.29 is 19.5 Å². The molecule has 0 aliphatic carbocycles. The van der Waals surface area contributed by atoms with Crippen LogP contribution in [0.25, 0.3) is 0 Å². The Bertz CT molecular complexity index is 343. The maximum Gasteiger partial charge on any atom is 0.508 e. The fourth-order valence-corrected chi connectivity index (χ4v) is 1.21. The molecule has 1 rings (SSSR count). The first-order valence-electron chi connectivity index (χ1n) is 4.94. The second-order valence-corrected chi connectivity index (χ2v) is 3.88. The number of rotatable bonds is 5. The van der Waals surface area contributed by atoms with Crippen LogP contribution in [0.4, 0.5) is 0 Å². The molecular formula is C10H16BNO4. The fourth-order valence-electron chi connectivity index (χ4n) is 1.21. The Hall–Kier alpha value is -0.945. The first kappa shape index (κ1) is 13.1. The van der Waals surface area contributed by atoms with E-state index in [9.17, 15) is 0 Å². The van der Waals surface area contributed by atoms with Crippen molar-refractivity contribution in [3.63, 3.8) is 0 Å². The summed E-state index contributed by atoms with van der Waals surface area (Å²) in [5.74, 6) is 0. The third-order valence-corrected chi connectivity index (χ3v) is 2.19. The maximum atomic E-state index is 9.02. The highest BCUT2D eigenvalue weighted by Gasteiger charge is 2.24. The highest BCUT2D eigenvalue weighted by atomic mass is 16.7. The number of pyridine rings is 1. The Morgan fingerprint density at radius 2 is 2.06 bits per heavy atom. The van der Waals surface area contributed by atoms with Crippen molar-refractivity contribution in [1.29, 1.82) is 0 Å². The van der Waals surface area contributed by atoms with Crippen LogP contribution in [-0.4, -0.2) is 36.1 Å². The maximum absolute atomic E-state index is 9.02. The molecule has 0 radical (unpaired) electrons. The van der Waals surface area contributed by atoms with E-state index in [0.717, 1.165) is 0 Å². The van der Waals surface area contributed by atoms with Gasteiger partial charge in [0.25, 0.3) is 0 Å². The van der Waals surface area contributed by atoms with Crippen molar-refractivity contribution >= 4 is 12.7 Å². The summed E-state index contributed by atoms with van der Waals surface area (Å²) in [7, 11) is -0.0320. The third kappa shape index (κ3) is 3.28. The lowest BCUT2D eigenvalue weighted by molar-refractivity contribution is -0.119. The predicted octanol–water partition coefficient (Wildman–Crippen LogP) is -0.383. The minimum Gasteiger partial charge on any atom is -0.422 e. The van der Waals surface area contributed by atoms with Gasteiger partial charge in [0.05, 0.1) is 11.3 Å². The molecule has 5 nitrogen and oxygen atoms in total. The van der Waals surface area contributed by atoms with Crippen molar-refractivity contribution in [2.24, 2.45) is 0 Å². The van der Waals surface area contributed by atoms with Crippen LogP contribution >= 0.6 is 0 Å². The van der Waals surface area contributed by atoms with Crippen LogP contribution in [-0.2, 0) is 15.1 Å². The zero-order valence-corrected chi connectivity index (χ0v) is 9.67. The molecule has 0 spiro atoms. The molecule has 88 valence electrons. The summed E-state index contributed by atoms with van der Waals surface area (Å²) in [6.07, 6.45) is 0. The van der Waals surface area contributed by atoms with Crippen LogP contribution in [0.2, 0.25) is 0 Å². The Balaban J connectivity index is 2.89. The standard InChI is InChI=1S/C10H16BNO4/c1-10(2,16-7-15-3)8-5-4-6-9(12-8)11(13)14/h4-6,13-14H,7H2,1-3H3. The Kier molecular flexibility index (Phi) is 4.43. The van der Waals surface area contributed by atoms with Gasteiger partial charge < -0.3 is 19.5 Å². The van der Waals surface area contributed by atoms with E-state index in [4.69, 9.17) is 19.5 Å². The zero-order valence-electron chi connectivity index (χ0n) is 9.67. The summed E-state index contributed by atoms with van der Waals surface area (Å²) in [6.45, 7) is 3.82. The molecule has 1 aromatic rings. The normalized spacial score (nSPS) is 11.6. The number of nitrogens with zero attached hydrogens (tertiary/aromatic N) is 1. The van der Waals surface area contributed by atoms with Gasteiger partial charge in [-0.05, 0) is 26.0 Å². The van der Waals surface area contributed by atoms with Crippen molar-refractivity contribution in [3.8, 4) is 0 Å². The van der Waals surface area contributed by atoms with Gasteiger partial charge in [0.15, 0.2) is 0 Å². The van der Waals surface area contributed by atoms with E-state index in [2.05, 4.69) is 4.98 Å². The van der Waals surface area contributed by atoms with Crippen molar-refractivity contribution in [3.05, 3.63) is 23.9 Å². The molecule has 1 aromatic heterocycles. The summed E-state index contributed by atoms with van der Waals surface area (Å²) in [5, 5.41) is 18.0. The van der Waals surface area contributed by atoms with Gasteiger partial charge in [-0.15, -0.1) is 0 Å². The first-order valence-corrected chi connectivity index (χ1v) is 4.94. The summed E-state index contributed by atoms with van der Waals surface area (Å²) in [6, 6.07) is 5.01. The molecule has 0 saturated heterocycles. The van der Waals surface area contributed by atoms with Crippen LogP contribution in [0.15, 0.2) is 18.2 Å². The first-order chi connectivity index (χ1) is 7.47. The van der Waals surface area contributed by atoms with Gasteiger partial charge in [-0.1, -0.05) is 6.07 Å². The quantitative estimate of drug-likeness (QED) is 0.527. The molecule has 0 fully saturated rings. The highest BCUT2D eigenvalue weighted by Crippen LogP contribution is 2.21. The molecular weight excluding hydrogens is 209 g/mol. The van der Waals surface area contributed by atoms with E-state index in [1.807, 2.05) is 13.8 Å². The van der Waals surface area contributed by atoms with Gasteiger partial charge >= 0.3 is 7.12 Å². The number of ether oxygens (including phenoxy) is 2. The highest BCUT2D eigenvalue weighted by molar-refractivity contribution is 6.57. The lowest BCUT2D eigenvalue weighted by Crippen LogP contribution is -2.35. The van der Waals surface area contributed by atoms with Gasteiger partial charge in [0, 0.05) is 7.11 Å². The largest absolute Gasteiger partial charge is 0.508 e. The molecule has 16 heavy (non-hydrogen) atoms. The van der Waals surface area contributed by atoms with Gasteiger partial charge in [-0.3, -0.25) is 4.98 Å². The number of aromatic nitrogens is 1. The molecule has 1 heterocycles. The van der Waals surface area contributed by atoms with Crippen LogP contribution in [0, 0.1) is 0 Å². The molecule has 2 N–H and O–H groups in total. The number of hydrogen-bond acceptors (Lipinski definition) is 5. The number of hydrogen-bond donors (Lipinski definition) is 2. The zero-order chi connectivity index (χ0) is 12.2. The Morgan fingerprint density at radius 1 is 1.38 bits per heavy atom. The van der Waals surface area contributed by atoms with Gasteiger partial charge in [-0.25, -0.2) is 0 Å². The summed E-state index contributed by atoms with van der Waals surface area (Å²) in [4.78, 5) is 4.12. The average molecular weight is 225 g/mol. The van der Waals surface area contributed by atoms with Crippen molar-refractivity contribution in [2.45, 2.75) is 19.4 Å². The molecule has 0 saturated carbocycles. The molecule has 0 aliphatic heterocycles. The molecule has 0 bridgehead atoms. The van der Waals surface area contributed by atoms with E-state index in [-0.39, 0.29) is 12.4 Å². The summed E-state index contributed by atoms with van der Waals surface area (Å²) in [5.41, 5.74) is 0.183. The second-order valence-electron chi connectivity index (χ2n) is 3.88. The van der Waals surface area contributed by atoms with Crippen LogP contribution in [0.1, 0.15) is 19.5 Å². The molecule has 0 aliphatic rings. The van der Waals surface area contributed by atoms with E-state index < -0.39 is 12.7 Å². The minimum atomic E-state index is -1.57. The molecule has 0 atom stereocenters. The monoisotopic (exact) mass is 225 g/mol. The smallest absolute Gasteiger partial charge is 0.422 e. The van der Waals surface area contributed by atoms with Crippen LogP contribution < -0.4 is 5.59 Å². The minimum absolute atomic E-state index is 0.153. The van der Waals surface area contributed by atoms with Crippen LogP contribution in [0.3, 0.4) is 0 Å². The van der Waals surface area contributed by atoms with Gasteiger partial charge in [-0.2, -0.15) is 0 Å². The fraction of sp³-hybridized carbons (Fsp3) is 0.500. The van der Waals surface area contributed by atoms with Crippen molar-refractivity contribution in [1.82, 2.24) is 4.98 Å². The van der Waals surface area contributed by atoms with Gasteiger partial charge in [0.2, 0.25) is 0 Å². The summed E-state index contributed by atoms with van der Waals surface area (Å²) >= 11 is 0. The van der Waals surface area contributed by atoms with E-state index in [0.29, 0.717) is 5.69 Å². The third-order valence-electron chi connectivity index (χ3n) is 2.19. The molecule has 6 heteroatoms.